The Morgan fingerprint density at radius 1 is 0.710 bits per heavy atom. The van der Waals surface area contributed by atoms with Crippen molar-refractivity contribution in [2.45, 2.75) is 52.3 Å². The van der Waals surface area contributed by atoms with Crippen molar-refractivity contribution in [1.82, 2.24) is 4.72 Å². The first-order chi connectivity index (χ1) is 14.6. The molecule has 0 saturated heterocycles. The molecule has 0 aliphatic heterocycles. The van der Waals surface area contributed by atoms with Crippen molar-refractivity contribution in [2.75, 3.05) is 0 Å². The molecule has 0 aliphatic carbocycles. The van der Waals surface area contributed by atoms with E-state index in [-0.39, 0.29) is 16.2 Å². The van der Waals surface area contributed by atoms with Gasteiger partial charge < -0.3 is 0 Å². The third-order valence-electron chi connectivity index (χ3n) is 5.16. The summed E-state index contributed by atoms with van der Waals surface area (Å²) in [6.45, 7) is 12.7. The van der Waals surface area contributed by atoms with Gasteiger partial charge in [-0.3, -0.25) is 0 Å². The number of rotatable bonds is 6. The van der Waals surface area contributed by atoms with Crippen molar-refractivity contribution >= 4 is 34.8 Å². The highest BCUT2D eigenvalue weighted by molar-refractivity contribution is 7.84. The van der Waals surface area contributed by atoms with Gasteiger partial charge >= 0.3 is 0 Å². The molecule has 4 heteroatoms. The third kappa shape index (κ3) is 5.92. The molecular formula is C27H34NOPS. The van der Waals surface area contributed by atoms with Crippen LogP contribution in [0.25, 0.3) is 0 Å². The molecule has 0 saturated carbocycles. The van der Waals surface area contributed by atoms with Crippen LogP contribution in [0.1, 0.15) is 53.1 Å². The standard InChI is InChI=1S/C27H34NOPS/c1-26(2,3)25(28-31(29)27(4,5)6)23-19-13-14-20-24(23)30(21-15-9-7-10-16-21)22-17-11-8-12-18-22/h7-20,25,28H,1-6H3/t25?,31-/m0/s1. The molecule has 0 amide bonds. The van der Waals surface area contributed by atoms with Gasteiger partial charge in [-0.2, -0.15) is 0 Å². The van der Waals surface area contributed by atoms with Crippen LogP contribution < -0.4 is 20.6 Å². The SMILES string of the molecule is CC(C)(C)C(N[S@@](=O)C(C)(C)C)c1ccccc1P(c1ccccc1)c1ccccc1. The number of hydrogen-bond donors (Lipinski definition) is 1. The second-order valence-electron chi connectivity index (χ2n) is 9.86. The summed E-state index contributed by atoms with van der Waals surface area (Å²) in [5.74, 6) is 0. The lowest BCUT2D eigenvalue weighted by Gasteiger charge is -2.36. The predicted octanol–water partition coefficient (Wildman–Crippen LogP) is 5.58. The molecule has 3 aromatic rings. The molecule has 0 aliphatic rings. The van der Waals surface area contributed by atoms with Crippen LogP contribution in [0, 0.1) is 5.41 Å². The molecule has 2 nitrogen and oxygen atoms in total. The summed E-state index contributed by atoms with van der Waals surface area (Å²) in [4.78, 5) is 0. The van der Waals surface area contributed by atoms with Crippen LogP contribution in [0.4, 0.5) is 0 Å². The van der Waals surface area contributed by atoms with Crippen molar-refractivity contribution in [3.05, 3.63) is 90.5 Å². The van der Waals surface area contributed by atoms with Crippen LogP contribution in [0.5, 0.6) is 0 Å². The lowest BCUT2D eigenvalue weighted by molar-refractivity contribution is 0.308. The van der Waals surface area contributed by atoms with Gasteiger partial charge in [-0.15, -0.1) is 0 Å². The summed E-state index contributed by atoms with van der Waals surface area (Å²) < 4.78 is 16.3. The first-order valence-corrected chi connectivity index (χ1v) is 13.3. The highest BCUT2D eigenvalue weighted by atomic mass is 32.2. The lowest BCUT2D eigenvalue weighted by Crippen LogP contribution is -2.42. The maximum atomic E-state index is 13.1. The molecule has 1 N–H and O–H groups in total. The van der Waals surface area contributed by atoms with Crippen LogP contribution in [-0.2, 0) is 11.0 Å². The van der Waals surface area contributed by atoms with Crippen LogP contribution in [0.2, 0.25) is 0 Å². The summed E-state index contributed by atoms with van der Waals surface area (Å²) >= 11 is 0. The summed E-state index contributed by atoms with van der Waals surface area (Å²) in [5.41, 5.74) is 1.12. The van der Waals surface area contributed by atoms with Crippen LogP contribution >= 0.6 is 7.92 Å². The third-order valence-corrected chi connectivity index (χ3v) is 9.24. The van der Waals surface area contributed by atoms with E-state index in [0.29, 0.717) is 0 Å². The maximum absolute atomic E-state index is 13.1. The lowest BCUT2D eigenvalue weighted by atomic mass is 9.83. The highest BCUT2D eigenvalue weighted by Crippen LogP contribution is 2.40. The zero-order valence-electron chi connectivity index (χ0n) is 19.4. The Balaban J connectivity index is 2.18. The normalized spacial score (nSPS) is 14.4. The second-order valence-corrected chi connectivity index (χ2v) is 14.0. The van der Waals surface area contributed by atoms with E-state index in [1.807, 2.05) is 20.8 Å². The largest absolute Gasteiger partial charge is 0.242 e. The van der Waals surface area contributed by atoms with Gasteiger partial charge in [-0.05, 0) is 55.6 Å². The van der Waals surface area contributed by atoms with Gasteiger partial charge in [0.05, 0.1) is 15.7 Å². The van der Waals surface area contributed by atoms with Crippen LogP contribution in [0.3, 0.4) is 0 Å². The van der Waals surface area contributed by atoms with Crippen molar-refractivity contribution in [3.8, 4) is 0 Å². The Morgan fingerprint density at radius 2 is 1.16 bits per heavy atom. The van der Waals surface area contributed by atoms with Crippen LogP contribution in [0.15, 0.2) is 84.9 Å². The zero-order chi connectivity index (χ0) is 22.6. The van der Waals surface area contributed by atoms with Crippen molar-refractivity contribution < 1.29 is 4.21 Å². The number of nitrogens with one attached hydrogen (secondary N) is 1. The van der Waals surface area contributed by atoms with Crippen molar-refractivity contribution in [3.63, 3.8) is 0 Å². The van der Waals surface area contributed by atoms with E-state index in [0.717, 1.165) is 0 Å². The average molecular weight is 452 g/mol. The minimum Gasteiger partial charge on any atom is -0.242 e. The molecule has 3 rings (SSSR count). The van der Waals surface area contributed by atoms with E-state index >= 15 is 0 Å². The van der Waals surface area contributed by atoms with Gasteiger partial charge in [0.2, 0.25) is 0 Å². The van der Waals surface area contributed by atoms with E-state index in [4.69, 9.17) is 0 Å². The Bertz CT molecular complexity index is 967. The fraction of sp³-hybridized carbons (Fsp3) is 0.333. The Morgan fingerprint density at radius 3 is 1.61 bits per heavy atom. The molecule has 31 heavy (non-hydrogen) atoms. The monoisotopic (exact) mass is 451 g/mol. The van der Waals surface area contributed by atoms with Gasteiger partial charge in [0, 0.05) is 6.04 Å². The van der Waals surface area contributed by atoms with Gasteiger partial charge in [-0.1, -0.05) is 106 Å². The average Bonchev–Trinajstić information content (AvgIpc) is 2.73. The van der Waals surface area contributed by atoms with Crippen molar-refractivity contribution in [2.24, 2.45) is 5.41 Å². The minimum atomic E-state index is -1.17. The summed E-state index contributed by atoms with van der Waals surface area (Å²) in [5, 5.41) is 3.95. The van der Waals surface area contributed by atoms with E-state index in [1.165, 1.54) is 21.5 Å². The number of hydrogen-bond acceptors (Lipinski definition) is 1. The topological polar surface area (TPSA) is 29.1 Å². The summed E-state index contributed by atoms with van der Waals surface area (Å²) in [6, 6.07) is 30.1. The van der Waals surface area contributed by atoms with Crippen molar-refractivity contribution in [1.29, 1.82) is 0 Å². The minimum absolute atomic E-state index is 0.0406. The number of benzene rings is 3. The summed E-state index contributed by atoms with van der Waals surface area (Å²) in [7, 11) is -1.91. The highest BCUT2D eigenvalue weighted by Gasteiger charge is 2.34. The van der Waals surface area contributed by atoms with E-state index in [2.05, 4.69) is 110 Å². The molecule has 164 valence electrons. The van der Waals surface area contributed by atoms with Gasteiger partial charge in [-0.25, -0.2) is 8.93 Å². The second kappa shape index (κ2) is 9.77. The van der Waals surface area contributed by atoms with E-state index in [9.17, 15) is 4.21 Å². The molecule has 0 bridgehead atoms. The molecule has 0 spiro atoms. The maximum Gasteiger partial charge on any atom is 0.0976 e. The summed E-state index contributed by atoms with van der Waals surface area (Å²) in [6.07, 6.45) is 0. The van der Waals surface area contributed by atoms with Gasteiger partial charge in [0.15, 0.2) is 0 Å². The zero-order valence-corrected chi connectivity index (χ0v) is 21.1. The molecule has 3 aromatic carbocycles. The molecule has 2 atom stereocenters. The fourth-order valence-electron chi connectivity index (χ4n) is 3.51. The van der Waals surface area contributed by atoms with Gasteiger partial charge in [0.25, 0.3) is 0 Å². The van der Waals surface area contributed by atoms with E-state index in [1.54, 1.807) is 0 Å². The Kier molecular flexibility index (Phi) is 7.52. The molecule has 1 unspecified atom stereocenters. The molecule has 0 aromatic heterocycles. The van der Waals surface area contributed by atoms with E-state index < -0.39 is 18.9 Å². The predicted molar refractivity (Wildman–Crippen MR) is 138 cm³/mol. The Hall–Kier alpha value is -1.80. The first kappa shape index (κ1) is 23.9. The molecular weight excluding hydrogens is 417 g/mol. The fourth-order valence-corrected chi connectivity index (χ4v) is 7.05. The molecule has 0 fully saturated rings. The quantitative estimate of drug-likeness (QED) is 0.487. The smallest absolute Gasteiger partial charge is 0.0976 e. The molecule has 0 heterocycles. The van der Waals surface area contributed by atoms with Gasteiger partial charge in [0.1, 0.15) is 0 Å². The van der Waals surface area contributed by atoms with Crippen LogP contribution in [-0.4, -0.2) is 8.96 Å². The molecule has 0 radical (unpaired) electrons. The Labute approximate surface area is 191 Å². The first-order valence-electron chi connectivity index (χ1n) is 10.8.